The van der Waals surface area contributed by atoms with Gasteiger partial charge in [-0.1, -0.05) is 6.07 Å². The molecular formula is C12H15N3O3. The molecule has 0 radical (unpaired) electrons. The van der Waals surface area contributed by atoms with Crippen LogP contribution in [0.1, 0.15) is 19.3 Å². The summed E-state index contributed by atoms with van der Waals surface area (Å²) in [5, 5.41) is 14.2. The summed E-state index contributed by atoms with van der Waals surface area (Å²) in [7, 11) is 0. The van der Waals surface area contributed by atoms with E-state index in [1.165, 1.54) is 0 Å². The summed E-state index contributed by atoms with van der Waals surface area (Å²) in [4.78, 5) is 10.6. The van der Waals surface area contributed by atoms with Crippen molar-refractivity contribution < 1.29 is 9.66 Å². The lowest BCUT2D eigenvalue weighted by atomic mass is 9.95. The largest absolute Gasteiger partial charge is 0.393 e. The van der Waals surface area contributed by atoms with Crippen molar-refractivity contribution >= 4 is 17.1 Å². The molecule has 0 amide bonds. The Morgan fingerprint density at radius 1 is 1.44 bits per heavy atom. The maximum atomic E-state index is 11.0. The SMILES string of the molecule is Nc1cccc(NC2CC3CCC2O3)c1[N+](=O)[O-]. The second kappa shape index (κ2) is 4.13. The van der Waals surface area contributed by atoms with E-state index in [2.05, 4.69) is 5.32 Å². The van der Waals surface area contributed by atoms with Crippen LogP contribution in [0.25, 0.3) is 0 Å². The number of ether oxygens (including phenoxy) is 1. The van der Waals surface area contributed by atoms with Crippen molar-refractivity contribution in [1.29, 1.82) is 0 Å². The molecule has 1 aromatic rings. The van der Waals surface area contributed by atoms with E-state index in [1.807, 2.05) is 0 Å². The lowest BCUT2D eigenvalue weighted by Crippen LogP contribution is -2.30. The minimum atomic E-state index is -0.439. The van der Waals surface area contributed by atoms with Crippen LogP contribution in [0.15, 0.2) is 18.2 Å². The molecule has 3 N–H and O–H groups in total. The number of para-hydroxylation sites is 1. The Morgan fingerprint density at radius 3 is 2.89 bits per heavy atom. The van der Waals surface area contributed by atoms with Crippen molar-refractivity contribution in [2.45, 2.75) is 37.5 Å². The molecule has 2 aliphatic heterocycles. The van der Waals surface area contributed by atoms with E-state index < -0.39 is 4.92 Å². The molecule has 18 heavy (non-hydrogen) atoms. The van der Waals surface area contributed by atoms with Crippen LogP contribution in [-0.2, 0) is 4.74 Å². The maximum Gasteiger partial charge on any atom is 0.314 e. The van der Waals surface area contributed by atoms with Crippen LogP contribution in [0.3, 0.4) is 0 Å². The van der Waals surface area contributed by atoms with Crippen molar-refractivity contribution in [3.63, 3.8) is 0 Å². The molecule has 2 fully saturated rings. The molecule has 3 unspecified atom stereocenters. The minimum Gasteiger partial charge on any atom is -0.393 e. The molecule has 2 bridgehead atoms. The molecule has 6 nitrogen and oxygen atoms in total. The van der Waals surface area contributed by atoms with E-state index in [4.69, 9.17) is 10.5 Å². The van der Waals surface area contributed by atoms with Crippen molar-refractivity contribution in [3.05, 3.63) is 28.3 Å². The van der Waals surface area contributed by atoms with Crippen LogP contribution in [0, 0.1) is 10.1 Å². The molecule has 0 spiro atoms. The molecule has 96 valence electrons. The van der Waals surface area contributed by atoms with E-state index in [0.717, 1.165) is 19.3 Å². The van der Waals surface area contributed by atoms with E-state index in [1.54, 1.807) is 18.2 Å². The van der Waals surface area contributed by atoms with Crippen LogP contribution in [0.4, 0.5) is 17.1 Å². The Bertz CT molecular complexity index is 491. The van der Waals surface area contributed by atoms with Gasteiger partial charge in [-0.05, 0) is 31.4 Å². The van der Waals surface area contributed by atoms with Gasteiger partial charge in [0.2, 0.25) is 0 Å². The zero-order chi connectivity index (χ0) is 12.7. The predicted molar refractivity (Wildman–Crippen MR) is 67.4 cm³/mol. The van der Waals surface area contributed by atoms with E-state index in [9.17, 15) is 10.1 Å². The maximum absolute atomic E-state index is 11.0. The van der Waals surface area contributed by atoms with Gasteiger partial charge in [0.05, 0.1) is 23.2 Å². The highest BCUT2D eigenvalue weighted by molar-refractivity contribution is 5.74. The lowest BCUT2D eigenvalue weighted by Gasteiger charge is -2.21. The van der Waals surface area contributed by atoms with Gasteiger partial charge in [0.15, 0.2) is 0 Å². The molecular weight excluding hydrogens is 234 g/mol. The minimum absolute atomic E-state index is 0.0414. The Kier molecular flexibility index (Phi) is 2.59. The summed E-state index contributed by atoms with van der Waals surface area (Å²) in [6, 6.07) is 5.11. The summed E-state index contributed by atoms with van der Waals surface area (Å²) in [5.41, 5.74) is 6.29. The quantitative estimate of drug-likeness (QED) is 0.485. The van der Waals surface area contributed by atoms with Gasteiger partial charge in [-0.15, -0.1) is 0 Å². The van der Waals surface area contributed by atoms with Crippen molar-refractivity contribution in [2.75, 3.05) is 11.1 Å². The first-order chi connectivity index (χ1) is 8.65. The summed E-state index contributed by atoms with van der Waals surface area (Å²) < 4.78 is 5.72. The summed E-state index contributed by atoms with van der Waals surface area (Å²) in [6.07, 6.45) is 3.53. The van der Waals surface area contributed by atoms with Crippen LogP contribution in [0.5, 0.6) is 0 Å². The number of nitrogens with zero attached hydrogens (tertiary/aromatic N) is 1. The average molecular weight is 249 g/mol. The van der Waals surface area contributed by atoms with E-state index in [0.29, 0.717) is 11.8 Å². The number of hydrogen-bond acceptors (Lipinski definition) is 5. The highest BCUT2D eigenvalue weighted by Gasteiger charge is 2.41. The van der Waals surface area contributed by atoms with Gasteiger partial charge < -0.3 is 15.8 Å². The van der Waals surface area contributed by atoms with Gasteiger partial charge in [-0.3, -0.25) is 10.1 Å². The third kappa shape index (κ3) is 1.78. The fraction of sp³-hybridized carbons (Fsp3) is 0.500. The molecule has 1 aromatic carbocycles. The van der Waals surface area contributed by atoms with Crippen molar-refractivity contribution in [1.82, 2.24) is 0 Å². The fourth-order valence-electron chi connectivity index (χ4n) is 2.87. The number of anilines is 2. The second-order valence-electron chi connectivity index (χ2n) is 4.86. The standard InChI is InChI=1S/C12H15N3O3/c13-8-2-1-3-9(12(8)15(16)17)14-10-6-7-4-5-11(10)18-7/h1-3,7,10-11,14H,4-6,13H2. The van der Waals surface area contributed by atoms with E-state index >= 15 is 0 Å². The van der Waals surface area contributed by atoms with Gasteiger partial charge in [-0.25, -0.2) is 0 Å². The molecule has 0 aromatic heterocycles. The Hall–Kier alpha value is -1.82. The molecule has 2 heterocycles. The number of nitrogens with two attached hydrogens (primary N) is 1. The van der Waals surface area contributed by atoms with Crippen LogP contribution in [-0.4, -0.2) is 23.2 Å². The Balaban J connectivity index is 1.84. The van der Waals surface area contributed by atoms with Crippen LogP contribution < -0.4 is 11.1 Å². The lowest BCUT2D eigenvalue weighted by molar-refractivity contribution is -0.383. The smallest absolute Gasteiger partial charge is 0.314 e. The molecule has 3 rings (SSSR count). The molecule has 0 aliphatic carbocycles. The summed E-state index contributed by atoms with van der Waals surface area (Å²) in [5.74, 6) is 0. The highest BCUT2D eigenvalue weighted by Crippen LogP contribution is 2.38. The molecule has 0 saturated carbocycles. The molecule has 2 saturated heterocycles. The second-order valence-corrected chi connectivity index (χ2v) is 4.86. The van der Waals surface area contributed by atoms with Gasteiger partial charge in [-0.2, -0.15) is 0 Å². The Morgan fingerprint density at radius 2 is 2.28 bits per heavy atom. The first kappa shape index (κ1) is 11.3. The summed E-state index contributed by atoms with van der Waals surface area (Å²) in [6.45, 7) is 0. The number of rotatable bonds is 3. The number of nitro groups is 1. The number of nitrogen functional groups attached to an aromatic ring is 1. The zero-order valence-corrected chi connectivity index (χ0v) is 9.83. The van der Waals surface area contributed by atoms with Crippen LogP contribution in [0.2, 0.25) is 0 Å². The first-order valence-corrected chi connectivity index (χ1v) is 6.10. The van der Waals surface area contributed by atoms with Gasteiger partial charge in [0.1, 0.15) is 11.4 Å². The first-order valence-electron chi connectivity index (χ1n) is 6.10. The van der Waals surface area contributed by atoms with E-state index in [-0.39, 0.29) is 23.5 Å². The molecule has 3 atom stereocenters. The Labute approximate surface area is 104 Å². The number of benzene rings is 1. The molecule has 2 aliphatic rings. The van der Waals surface area contributed by atoms with Gasteiger partial charge in [0, 0.05) is 0 Å². The van der Waals surface area contributed by atoms with Crippen LogP contribution >= 0.6 is 0 Å². The van der Waals surface area contributed by atoms with Crippen molar-refractivity contribution in [3.8, 4) is 0 Å². The summed E-state index contributed by atoms with van der Waals surface area (Å²) >= 11 is 0. The zero-order valence-electron chi connectivity index (χ0n) is 9.83. The number of nitro benzene ring substituents is 1. The number of fused-ring (bicyclic) bond motifs is 2. The third-order valence-electron chi connectivity index (χ3n) is 3.70. The number of nitrogens with one attached hydrogen (secondary N) is 1. The van der Waals surface area contributed by atoms with Gasteiger partial charge >= 0.3 is 5.69 Å². The fourth-order valence-corrected chi connectivity index (χ4v) is 2.87. The topological polar surface area (TPSA) is 90.4 Å². The molecule has 6 heteroatoms. The predicted octanol–water partition coefficient (Wildman–Crippen LogP) is 1.91. The van der Waals surface area contributed by atoms with Crippen molar-refractivity contribution in [2.24, 2.45) is 0 Å². The van der Waals surface area contributed by atoms with Gasteiger partial charge in [0.25, 0.3) is 0 Å². The highest BCUT2D eigenvalue weighted by atomic mass is 16.6. The normalized spacial score (nSPS) is 29.4. The average Bonchev–Trinajstić information content (AvgIpc) is 2.90. The monoisotopic (exact) mass is 249 g/mol. The third-order valence-corrected chi connectivity index (χ3v) is 3.70. The number of hydrogen-bond donors (Lipinski definition) is 2.